The zero-order chi connectivity index (χ0) is 19.7. The molecule has 27 heavy (non-hydrogen) atoms. The molecular weight excluding hydrogens is 364 g/mol. The summed E-state index contributed by atoms with van der Waals surface area (Å²) >= 11 is 1.09. The molecule has 0 fully saturated rings. The topological polar surface area (TPSA) is 110 Å². The number of nitrogens with zero attached hydrogens (tertiary/aromatic N) is 2. The normalized spacial score (nSPS) is 11.2. The van der Waals surface area contributed by atoms with E-state index >= 15 is 0 Å². The summed E-state index contributed by atoms with van der Waals surface area (Å²) in [4.78, 5) is 41.0. The fourth-order valence-electron chi connectivity index (χ4n) is 2.81. The number of aryl methyl sites for hydroxylation is 1. The second-order valence-electron chi connectivity index (χ2n) is 6.04. The van der Waals surface area contributed by atoms with Crippen molar-refractivity contribution in [2.24, 2.45) is 10.7 Å². The zero-order valence-corrected chi connectivity index (χ0v) is 15.9. The minimum Gasteiger partial charge on any atom is -0.365 e. The molecule has 1 aromatic carbocycles. The van der Waals surface area contributed by atoms with Gasteiger partial charge in [0, 0.05) is 11.9 Å². The quantitative estimate of drug-likeness (QED) is 0.523. The van der Waals surface area contributed by atoms with Gasteiger partial charge in [0.2, 0.25) is 0 Å². The van der Waals surface area contributed by atoms with Gasteiger partial charge in [0.25, 0.3) is 11.5 Å². The average molecular weight is 382 g/mol. The Morgan fingerprint density at radius 2 is 1.89 bits per heavy atom. The van der Waals surface area contributed by atoms with Crippen LogP contribution in [0, 0.1) is 13.8 Å². The first-order chi connectivity index (χ1) is 12.8. The lowest BCUT2D eigenvalue weighted by atomic mass is 10.1. The number of aliphatic imine (C=N–C) groups is 1. The molecule has 0 unspecified atom stereocenters. The van der Waals surface area contributed by atoms with Gasteiger partial charge < -0.3 is 5.73 Å². The summed E-state index contributed by atoms with van der Waals surface area (Å²) in [6, 6.07) is 9.16. The first-order valence-electron chi connectivity index (χ1n) is 8.16. The fraction of sp³-hybridized carbons (Fsp3) is 0.158. The summed E-state index contributed by atoms with van der Waals surface area (Å²) in [6.45, 7) is 4.85. The molecule has 3 aromatic rings. The number of carbonyl (C=O) groups is 2. The van der Waals surface area contributed by atoms with E-state index in [9.17, 15) is 14.4 Å². The summed E-state index contributed by atoms with van der Waals surface area (Å²) in [7, 11) is 0. The number of hydrogen-bond acceptors (Lipinski definition) is 5. The van der Waals surface area contributed by atoms with Crippen molar-refractivity contribution in [2.45, 2.75) is 20.8 Å². The van der Waals surface area contributed by atoms with Crippen LogP contribution >= 0.6 is 11.3 Å². The van der Waals surface area contributed by atoms with Gasteiger partial charge in [0.05, 0.1) is 21.7 Å². The predicted molar refractivity (Wildman–Crippen MR) is 106 cm³/mol. The number of carbonyl (C=O) groups excluding carboxylic acids is 2. The molecule has 0 atom stereocenters. The van der Waals surface area contributed by atoms with E-state index in [1.807, 2.05) is 30.3 Å². The highest BCUT2D eigenvalue weighted by atomic mass is 32.1. The Bertz CT molecular complexity index is 1120. The van der Waals surface area contributed by atoms with E-state index < -0.39 is 5.91 Å². The van der Waals surface area contributed by atoms with E-state index in [0.29, 0.717) is 32.4 Å². The van der Waals surface area contributed by atoms with Gasteiger partial charge in [0.15, 0.2) is 5.78 Å². The highest BCUT2D eigenvalue weighted by Crippen LogP contribution is 2.35. The first-order valence-corrected chi connectivity index (χ1v) is 8.98. The summed E-state index contributed by atoms with van der Waals surface area (Å²) in [5.41, 5.74) is 7.61. The van der Waals surface area contributed by atoms with Gasteiger partial charge in [-0.15, -0.1) is 11.3 Å². The number of Topliss-reactive ketones (excluding diaryl/α,β-unsaturated/α-hetero) is 1. The molecule has 7 nitrogen and oxygen atoms in total. The highest BCUT2D eigenvalue weighted by Gasteiger charge is 2.21. The van der Waals surface area contributed by atoms with Crippen LogP contribution in [0.15, 0.2) is 40.1 Å². The minimum absolute atomic E-state index is 0.161. The highest BCUT2D eigenvalue weighted by molar-refractivity contribution is 7.18. The Hall–Kier alpha value is -3.26. The molecule has 3 N–H and O–H groups in total. The maximum atomic E-state index is 12.7. The number of H-pyrrole nitrogens is 1. The third-order valence-corrected chi connectivity index (χ3v) is 5.44. The van der Waals surface area contributed by atoms with Gasteiger partial charge in [-0.25, -0.2) is 9.67 Å². The Labute approximate surface area is 159 Å². The van der Waals surface area contributed by atoms with Crippen LogP contribution in [0.1, 0.15) is 43.8 Å². The van der Waals surface area contributed by atoms with E-state index in [4.69, 9.17) is 5.73 Å². The van der Waals surface area contributed by atoms with Crippen LogP contribution in [-0.4, -0.2) is 27.7 Å². The van der Waals surface area contributed by atoms with E-state index in [1.165, 1.54) is 17.8 Å². The summed E-state index contributed by atoms with van der Waals surface area (Å²) in [5.74, 6) is -0.818. The first kappa shape index (κ1) is 18.5. The number of para-hydroxylation sites is 1. The molecule has 0 spiro atoms. The van der Waals surface area contributed by atoms with Crippen LogP contribution in [0.3, 0.4) is 0 Å². The van der Waals surface area contributed by atoms with E-state index in [-0.39, 0.29) is 16.9 Å². The second-order valence-corrected chi connectivity index (χ2v) is 7.04. The smallest absolute Gasteiger partial charge is 0.280 e. The Balaban J connectivity index is 2.07. The molecule has 2 aromatic heterocycles. The summed E-state index contributed by atoms with van der Waals surface area (Å²) in [5, 5.41) is 3.32. The van der Waals surface area contributed by atoms with Crippen molar-refractivity contribution in [3.05, 3.63) is 67.9 Å². The van der Waals surface area contributed by atoms with Crippen molar-refractivity contribution in [2.75, 3.05) is 0 Å². The average Bonchev–Trinajstić information content (AvgIpc) is 3.10. The third-order valence-electron chi connectivity index (χ3n) is 4.14. The minimum atomic E-state index is -0.657. The van der Waals surface area contributed by atoms with Crippen molar-refractivity contribution >= 4 is 34.2 Å². The number of aromatic amines is 1. The molecule has 3 rings (SSSR count). The molecule has 0 aliphatic carbocycles. The zero-order valence-electron chi connectivity index (χ0n) is 15.1. The van der Waals surface area contributed by atoms with Gasteiger partial charge in [-0.3, -0.25) is 19.5 Å². The lowest BCUT2D eigenvalue weighted by molar-refractivity contribution is 0.100. The number of amides is 1. The monoisotopic (exact) mass is 382 g/mol. The molecule has 0 bridgehead atoms. The maximum Gasteiger partial charge on any atom is 0.280 e. The summed E-state index contributed by atoms with van der Waals surface area (Å²) in [6.07, 6.45) is 1.40. The van der Waals surface area contributed by atoms with Gasteiger partial charge in [-0.2, -0.15) is 0 Å². The SMILES string of the molecule is CC(=O)c1sc(/N=C/c2c(C)[nH]n(-c3ccccc3)c2=O)c(C(N)=O)c1C. The molecule has 0 saturated heterocycles. The molecule has 138 valence electrons. The third kappa shape index (κ3) is 3.39. The molecular formula is C19H18N4O3S. The van der Waals surface area contributed by atoms with Crippen LogP contribution in [0.5, 0.6) is 0 Å². The molecule has 0 aliphatic heterocycles. The molecule has 0 saturated carbocycles. The van der Waals surface area contributed by atoms with Crippen molar-refractivity contribution in [3.63, 3.8) is 0 Å². The molecule has 0 aliphatic rings. The molecule has 0 radical (unpaired) electrons. The number of aromatic nitrogens is 2. The van der Waals surface area contributed by atoms with Crippen LogP contribution in [0.2, 0.25) is 0 Å². The second kappa shape index (κ2) is 7.16. The number of rotatable bonds is 5. The van der Waals surface area contributed by atoms with Gasteiger partial charge in [-0.1, -0.05) is 18.2 Å². The number of benzene rings is 1. The summed E-state index contributed by atoms with van der Waals surface area (Å²) < 4.78 is 1.42. The van der Waals surface area contributed by atoms with Crippen LogP contribution in [0.4, 0.5) is 5.00 Å². The number of thiophene rings is 1. The number of hydrogen-bond donors (Lipinski definition) is 2. The van der Waals surface area contributed by atoms with Crippen molar-refractivity contribution < 1.29 is 9.59 Å². The van der Waals surface area contributed by atoms with Gasteiger partial charge in [-0.05, 0) is 38.5 Å². The fourth-order valence-corrected chi connectivity index (χ4v) is 3.86. The van der Waals surface area contributed by atoms with Crippen LogP contribution < -0.4 is 11.3 Å². The Morgan fingerprint density at radius 3 is 2.48 bits per heavy atom. The molecule has 1 amide bonds. The van der Waals surface area contributed by atoms with Crippen molar-refractivity contribution in [3.8, 4) is 5.69 Å². The largest absolute Gasteiger partial charge is 0.365 e. The number of ketones is 1. The number of nitrogens with two attached hydrogens (primary N) is 1. The lowest BCUT2D eigenvalue weighted by Crippen LogP contribution is -2.17. The van der Waals surface area contributed by atoms with Gasteiger partial charge in [0.1, 0.15) is 5.00 Å². The van der Waals surface area contributed by atoms with E-state index in [2.05, 4.69) is 10.1 Å². The standard InChI is InChI=1S/C19H18N4O3S/c1-10-15(17(20)25)18(27-16(10)12(3)24)21-9-14-11(2)22-23(19(14)26)13-7-5-4-6-8-13/h4-9,22H,1-3H3,(H2,20,25)/b21-9+. The van der Waals surface area contributed by atoms with Crippen LogP contribution in [0.25, 0.3) is 5.69 Å². The maximum absolute atomic E-state index is 12.7. The molecule has 2 heterocycles. The lowest BCUT2D eigenvalue weighted by Gasteiger charge is -1.99. The van der Waals surface area contributed by atoms with E-state index in [0.717, 1.165) is 11.3 Å². The number of nitrogens with one attached hydrogen (secondary N) is 1. The molecule has 8 heteroatoms. The van der Waals surface area contributed by atoms with E-state index in [1.54, 1.807) is 13.8 Å². The predicted octanol–water partition coefficient (Wildman–Crippen LogP) is 2.90. The number of primary amides is 1. The Kier molecular flexibility index (Phi) is 4.91. The van der Waals surface area contributed by atoms with Crippen molar-refractivity contribution in [1.82, 2.24) is 9.78 Å². The Morgan fingerprint density at radius 1 is 1.22 bits per heavy atom. The van der Waals surface area contributed by atoms with Gasteiger partial charge >= 0.3 is 0 Å². The van der Waals surface area contributed by atoms with Crippen molar-refractivity contribution in [1.29, 1.82) is 0 Å². The van der Waals surface area contributed by atoms with Crippen LogP contribution in [-0.2, 0) is 0 Å².